The zero-order valence-electron chi connectivity index (χ0n) is 9.28. The maximum atomic E-state index is 10.7. The molecule has 0 unspecified atom stereocenters. The lowest BCUT2D eigenvalue weighted by Gasteiger charge is -2.11. The minimum atomic E-state index is -0.839. The largest absolute Gasteiger partial charge is 0.496 e. The van der Waals surface area contributed by atoms with Crippen molar-refractivity contribution < 1.29 is 14.6 Å². The number of carboxylic acid groups (broad SMARTS) is 1. The van der Waals surface area contributed by atoms with Crippen LogP contribution < -0.4 is 4.74 Å². The van der Waals surface area contributed by atoms with Crippen molar-refractivity contribution in [2.24, 2.45) is 0 Å². The van der Waals surface area contributed by atoms with Gasteiger partial charge in [-0.05, 0) is 17.5 Å². The summed E-state index contributed by atoms with van der Waals surface area (Å²) in [7, 11) is 1.55. The fourth-order valence-electron chi connectivity index (χ4n) is 1.46. The summed E-state index contributed by atoms with van der Waals surface area (Å²) in [6.45, 7) is 4.15. The lowest BCUT2D eigenvalue weighted by atomic mass is 9.99. The van der Waals surface area contributed by atoms with E-state index in [1.165, 1.54) is 0 Å². The maximum absolute atomic E-state index is 10.7. The third-order valence-corrected chi connectivity index (χ3v) is 2.31. The highest BCUT2D eigenvalue weighted by Crippen LogP contribution is 2.24. The second kappa shape index (κ2) is 4.82. The average Bonchev–Trinajstić information content (AvgIpc) is 2.16. The van der Waals surface area contributed by atoms with Crippen LogP contribution in [0, 0.1) is 0 Å². The van der Waals surface area contributed by atoms with Crippen LogP contribution in [0.3, 0.4) is 0 Å². The van der Waals surface area contributed by atoms with Crippen LogP contribution in [0.1, 0.15) is 30.9 Å². The number of carboxylic acids is 1. The Morgan fingerprint density at radius 1 is 1.47 bits per heavy atom. The van der Waals surface area contributed by atoms with Gasteiger partial charge in [0.25, 0.3) is 0 Å². The van der Waals surface area contributed by atoms with Crippen molar-refractivity contribution in [2.45, 2.75) is 26.2 Å². The van der Waals surface area contributed by atoms with Crippen molar-refractivity contribution in [1.82, 2.24) is 0 Å². The molecular weight excluding hydrogens is 192 g/mol. The molecule has 0 saturated carbocycles. The van der Waals surface area contributed by atoms with E-state index in [4.69, 9.17) is 9.84 Å². The summed E-state index contributed by atoms with van der Waals surface area (Å²) in [6, 6.07) is 5.69. The molecule has 0 atom stereocenters. The van der Waals surface area contributed by atoms with E-state index in [0.717, 1.165) is 11.1 Å². The number of methoxy groups -OCH3 is 1. The van der Waals surface area contributed by atoms with Gasteiger partial charge in [-0.2, -0.15) is 0 Å². The molecule has 0 aliphatic carbocycles. The highest BCUT2D eigenvalue weighted by Gasteiger charge is 2.09. The first kappa shape index (κ1) is 11.6. The predicted molar refractivity (Wildman–Crippen MR) is 58.4 cm³/mol. The Labute approximate surface area is 89.7 Å². The Morgan fingerprint density at radius 3 is 2.60 bits per heavy atom. The van der Waals surface area contributed by atoms with Gasteiger partial charge in [0.15, 0.2) is 0 Å². The number of benzene rings is 1. The summed E-state index contributed by atoms with van der Waals surface area (Å²) < 4.78 is 5.12. The maximum Gasteiger partial charge on any atom is 0.307 e. The first-order valence-electron chi connectivity index (χ1n) is 4.93. The normalized spacial score (nSPS) is 10.4. The van der Waals surface area contributed by atoms with Gasteiger partial charge in [-0.25, -0.2) is 0 Å². The van der Waals surface area contributed by atoms with Gasteiger partial charge in [-0.1, -0.05) is 26.0 Å². The van der Waals surface area contributed by atoms with Crippen molar-refractivity contribution in [2.75, 3.05) is 7.11 Å². The Morgan fingerprint density at radius 2 is 2.13 bits per heavy atom. The summed E-state index contributed by atoms with van der Waals surface area (Å²) in [4.78, 5) is 10.7. The van der Waals surface area contributed by atoms with E-state index in [1.54, 1.807) is 7.11 Å². The second-order valence-corrected chi connectivity index (χ2v) is 3.80. The molecule has 3 nitrogen and oxygen atoms in total. The van der Waals surface area contributed by atoms with Crippen LogP contribution >= 0.6 is 0 Å². The Balaban J connectivity index is 3.07. The highest BCUT2D eigenvalue weighted by atomic mass is 16.5. The molecule has 1 aromatic rings. The monoisotopic (exact) mass is 208 g/mol. The molecule has 0 bridgehead atoms. The van der Waals surface area contributed by atoms with Crippen LogP contribution in [0.2, 0.25) is 0 Å². The summed E-state index contributed by atoms with van der Waals surface area (Å²) >= 11 is 0. The molecule has 0 aromatic heterocycles. The number of hydrogen-bond acceptors (Lipinski definition) is 2. The van der Waals surface area contributed by atoms with Crippen molar-refractivity contribution in [1.29, 1.82) is 0 Å². The van der Waals surface area contributed by atoms with Crippen LogP contribution in [-0.4, -0.2) is 18.2 Å². The summed E-state index contributed by atoms with van der Waals surface area (Å²) in [6.07, 6.45) is 0.00370. The van der Waals surface area contributed by atoms with E-state index in [0.29, 0.717) is 11.7 Å². The van der Waals surface area contributed by atoms with E-state index in [1.807, 2.05) is 18.2 Å². The quantitative estimate of drug-likeness (QED) is 0.826. The lowest BCUT2D eigenvalue weighted by molar-refractivity contribution is -0.136. The molecule has 0 amide bonds. The van der Waals surface area contributed by atoms with E-state index >= 15 is 0 Å². The summed E-state index contributed by atoms with van der Waals surface area (Å²) in [5.74, 6) is 0.194. The van der Waals surface area contributed by atoms with Gasteiger partial charge in [0.1, 0.15) is 5.75 Å². The molecule has 0 fully saturated rings. The SMILES string of the molecule is COc1ccc(C(C)C)cc1CC(=O)O. The molecule has 0 radical (unpaired) electrons. The first-order chi connectivity index (χ1) is 7.04. The fourth-order valence-corrected chi connectivity index (χ4v) is 1.46. The fraction of sp³-hybridized carbons (Fsp3) is 0.417. The number of rotatable bonds is 4. The number of hydrogen-bond donors (Lipinski definition) is 1. The molecule has 0 aliphatic heterocycles. The van der Waals surface area contributed by atoms with Crippen LogP contribution in [0.4, 0.5) is 0 Å². The van der Waals surface area contributed by atoms with Gasteiger partial charge in [-0.15, -0.1) is 0 Å². The molecule has 0 aliphatic rings. The zero-order valence-corrected chi connectivity index (χ0v) is 9.28. The summed E-state index contributed by atoms with van der Waals surface area (Å²) in [5.41, 5.74) is 1.86. The number of carbonyl (C=O) groups is 1. The van der Waals surface area contributed by atoms with E-state index in [2.05, 4.69) is 13.8 Å². The standard InChI is InChI=1S/C12H16O3/c1-8(2)9-4-5-11(15-3)10(6-9)7-12(13)14/h4-6,8H,7H2,1-3H3,(H,13,14). The number of ether oxygens (including phenoxy) is 1. The first-order valence-corrected chi connectivity index (χ1v) is 4.93. The molecule has 82 valence electrons. The third-order valence-electron chi connectivity index (χ3n) is 2.31. The molecule has 0 saturated heterocycles. The molecule has 3 heteroatoms. The van der Waals surface area contributed by atoms with Crippen LogP contribution in [-0.2, 0) is 11.2 Å². The predicted octanol–water partition coefficient (Wildman–Crippen LogP) is 2.45. The molecular formula is C12H16O3. The molecule has 0 spiro atoms. The van der Waals surface area contributed by atoms with Gasteiger partial charge in [0, 0.05) is 5.56 Å². The van der Waals surface area contributed by atoms with Crippen molar-refractivity contribution >= 4 is 5.97 Å². The lowest BCUT2D eigenvalue weighted by Crippen LogP contribution is -2.03. The topological polar surface area (TPSA) is 46.5 Å². The zero-order chi connectivity index (χ0) is 11.4. The molecule has 1 rings (SSSR count). The third kappa shape index (κ3) is 2.98. The Bertz CT molecular complexity index is 356. The smallest absolute Gasteiger partial charge is 0.307 e. The van der Waals surface area contributed by atoms with Crippen LogP contribution in [0.5, 0.6) is 5.75 Å². The Hall–Kier alpha value is -1.51. The second-order valence-electron chi connectivity index (χ2n) is 3.80. The van der Waals surface area contributed by atoms with Crippen molar-refractivity contribution in [3.05, 3.63) is 29.3 Å². The van der Waals surface area contributed by atoms with E-state index in [-0.39, 0.29) is 6.42 Å². The van der Waals surface area contributed by atoms with Crippen molar-refractivity contribution in [3.63, 3.8) is 0 Å². The minimum Gasteiger partial charge on any atom is -0.496 e. The van der Waals surface area contributed by atoms with Gasteiger partial charge in [0.2, 0.25) is 0 Å². The van der Waals surface area contributed by atoms with E-state index in [9.17, 15) is 4.79 Å². The molecule has 15 heavy (non-hydrogen) atoms. The van der Waals surface area contributed by atoms with Gasteiger partial charge >= 0.3 is 5.97 Å². The highest BCUT2D eigenvalue weighted by molar-refractivity contribution is 5.71. The van der Waals surface area contributed by atoms with Gasteiger partial charge in [0.05, 0.1) is 13.5 Å². The van der Waals surface area contributed by atoms with Crippen LogP contribution in [0.25, 0.3) is 0 Å². The summed E-state index contributed by atoms with van der Waals surface area (Å²) in [5, 5.41) is 8.76. The minimum absolute atomic E-state index is 0.00370. The Kier molecular flexibility index (Phi) is 3.72. The number of aliphatic carboxylic acids is 1. The van der Waals surface area contributed by atoms with E-state index < -0.39 is 5.97 Å². The van der Waals surface area contributed by atoms with Crippen LogP contribution in [0.15, 0.2) is 18.2 Å². The molecule has 1 N–H and O–H groups in total. The van der Waals surface area contributed by atoms with Gasteiger partial charge in [-0.3, -0.25) is 4.79 Å². The average molecular weight is 208 g/mol. The molecule has 1 aromatic carbocycles. The van der Waals surface area contributed by atoms with Crippen molar-refractivity contribution in [3.8, 4) is 5.75 Å². The molecule has 0 heterocycles. The van der Waals surface area contributed by atoms with Gasteiger partial charge < -0.3 is 9.84 Å².